The third-order valence-corrected chi connectivity index (χ3v) is 5.67. The zero-order valence-corrected chi connectivity index (χ0v) is 13.2. The quantitative estimate of drug-likeness (QED) is 0.877. The number of aliphatic imine (C=N–C) groups is 1. The van der Waals surface area contributed by atoms with Crippen LogP contribution in [0.2, 0.25) is 0 Å². The van der Waals surface area contributed by atoms with Crippen molar-refractivity contribution in [1.82, 2.24) is 5.32 Å². The molecule has 2 nitrogen and oxygen atoms in total. The molecule has 1 heterocycles. The van der Waals surface area contributed by atoms with Gasteiger partial charge in [-0.15, -0.1) is 0 Å². The van der Waals surface area contributed by atoms with Gasteiger partial charge in [-0.05, 0) is 43.7 Å². The first-order valence-electron chi connectivity index (χ1n) is 7.76. The van der Waals surface area contributed by atoms with E-state index >= 15 is 0 Å². The van der Waals surface area contributed by atoms with Gasteiger partial charge < -0.3 is 5.32 Å². The molecule has 0 radical (unpaired) electrons. The Kier molecular flexibility index (Phi) is 4.35. The predicted octanol–water partition coefficient (Wildman–Crippen LogP) is 4.31. The lowest BCUT2D eigenvalue weighted by atomic mass is 9.86. The Morgan fingerprint density at radius 2 is 2.05 bits per heavy atom. The number of fused-ring (bicyclic) bond motifs is 1. The first kappa shape index (κ1) is 14.0. The Balaban J connectivity index is 1.68. The summed E-state index contributed by atoms with van der Waals surface area (Å²) in [5.74, 6) is 2.07. The summed E-state index contributed by atoms with van der Waals surface area (Å²) in [6, 6.07) is 9.53. The van der Waals surface area contributed by atoms with Crippen molar-refractivity contribution in [2.75, 3.05) is 5.75 Å². The van der Waals surface area contributed by atoms with Crippen molar-refractivity contribution in [3.8, 4) is 0 Å². The van der Waals surface area contributed by atoms with Crippen LogP contribution in [0.15, 0.2) is 29.3 Å². The van der Waals surface area contributed by atoms with E-state index in [0.717, 1.165) is 11.1 Å². The Morgan fingerprint density at radius 3 is 2.90 bits per heavy atom. The average Bonchev–Trinajstić information content (AvgIpc) is 2.47. The molecule has 0 saturated heterocycles. The molecule has 1 N–H and O–H groups in total. The summed E-state index contributed by atoms with van der Waals surface area (Å²) in [7, 11) is 0. The molecule has 1 aliphatic heterocycles. The molecule has 0 aromatic heterocycles. The van der Waals surface area contributed by atoms with Crippen molar-refractivity contribution in [2.24, 2.45) is 10.9 Å². The van der Waals surface area contributed by atoms with Crippen LogP contribution in [-0.4, -0.2) is 17.0 Å². The predicted molar refractivity (Wildman–Crippen MR) is 88.4 cm³/mol. The van der Waals surface area contributed by atoms with Crippen LogP contribution < -0.4 is 5.32 Å². The van der Waals surface area contributed by atoms with Gasteiger partial charge in [-0.2, -0.15) is 0 Å². The molecule has 0 spiro atoms. The topological polar surface area (TPSA) is 24.4 Å². The molecule has 0 amide bonds. The van der Waals surface area contributed by atoms with Crippen molar-refractivity contribution in [1.29, 1.82) is 0 Å². The summed E-state index contributed by atoms with van der Waals surface area (Å²) >= 11 is 1.92. The number of hydrogen-bond donors (Lipinski definition) is 1. The lowest BCUT2D eigenvalue weighted by Crippen LogP contribution is -2.35. The minimum absolute atomic E-state index is 0.336. The number of aryl methyl sites for hydroxylation is 1. The van der Waals surface area contributed by atoms with Crippen molar-refractivity contribution in [3.63, 3.8) is 0 Å². The molecule has 3 heteroatoms. The zero-order chi connectivity index (χ0) is 13.9. The fourth-order valence-corrected chi connectivity index (χ4v) is 4.57. The minimum Gasteiger partial charge on any atom is -0.358 e. The number of thioether (sulfide) groups is 1. The number of benzene rings is 1. The summed E-state index contributed by atoms with van der Waals surface area (Å²) < 4.78 is 0. The molecule has 1 saturated carbocycles. The van der Waals surface area contributed by atoms with E-state index in [2.05, 4.69) is 43.4 Å². The summed E-state index contributed by atoms with van der Waals surface area (Å²) in [5, 5.41) is 4.78. The van der Waals surface area contributed by atoms with E-state index in [1.165, 1.54) is 42.6 Å². The van der Waals surface area contributed by atoms with Crippen LogP contribution in [-0.2, 0) is 0 Å². The number of nitrogens with one attached hydrogen (secondary N) is 1. The average molecular weight is 288 g/mol. The summed E-state index contributed by atoms with van der Waals surface area (Å²) in [6.45, 7) is 4.42. The van der Waals surface area contributed by atoms with Gasteiger partial charge in [0.15, 0.2) is 5.17 Å². The van der Waals surface area contributed by atoms with Crippen molar-refractivity contribution in [2.45, 2.75) is 51.6 Å². The van der Waals surface area contributed by atoms with E-state index in [4.69, 9.17) is 4.99 Å². The third-order valence-electron chi connectivity index (χ3n) is 4.58. The maximum atomic E-state index is 4.97. The SMILES string of the molecule is Cc1ccccc1C(C)NC1=NC2CCCCC2CS1. The number of amidine groups is 1. The Morgan fingerprint density at radius 1 is 1.25 bits per heavy atom. The second-order valence-electron chi connectivity index (χ2n) is 6.08. The maximum absolute atomic E-state index is 4.97. The van der Waals surface area contributed by atoms with Gasteiger partial charge in [0.05, 0.1) is 12.1 Å². The van der Waals surface area contributed by atoms with E-state index in [9.17, 15) is 0 Å². The molecular formula is C17H24N2S. The molecule has 108 valence electrons. The van der Waals surface area contributed by atoms with E-state index in [-0.39, 0.29) is 0 Å². The van der Waals surface area contributed by atoms with Gasteiger partial charge in [0, 0.05) is 5.75 Å². The number of rotatable bonds is 2. The summed E-state index contributed by atoms with van der Waals surface area (Å²) in [6.07, 6.45) is 5.42. The van der Waals surface area contributed by atoms with Gasteiger partial charge in [-0.1, -0.05) is 48.9 Å². The number of nitrogens with zero attached hydrogens (tertiary/aromatic N) is 1. The van der Waals surface area contributed by atoms with E-state index < -0.39 is 0 Å². The monoisotopic (exact) mass is 288 g/mol. The van der Waals surface area contributed by atoms with E-state index in [1.807, 2.05) is 11.8 Å². The molecule has 3 rings (SSSR count). The normalized spacial score (nSPS) is 27.4. The molecule has 3 atom stereocenters. The van der Waals surface area contributed by atoms with Crippen LogP contribution in [0.1, 0.15) is 49.8 Å². The van der Waals surface area contributed by atoms with Crippen LogP contribution in [0.5, 0.6) is 0 Å². The largest absolute Gasteiger partial charge is 0.358 e. The van der Waals surface area contributed by atoms with E-state index in [1.54, 1.807) is 0 Å². The Labute approximate surface area is 126 Å². The molecule has 3 unspecified atom stereocenters. The van der Waals surface area contributed by atoms with Crippen molar-refractivity contribution >= 4 is 16.9 Å². The standard InChI is InChI=1S/C17H24N2S/c1-12-7-3-5-9-15(12)13(2)18-17-19-16-10-6-4-8-14(16)11-20-17/h3,5,7,9,13-14,16H,4,6,8,10-11H2,1-2H3,(H,18,19). The first-order valence-corrected chi connectivity index (χ1v) is 8.75. The van der Waals surface area contributed by atoms with Gasteiger partial charge >= 0.3 is 0 Å². The Bertz CT molecular complexity index is 498. The molecule has 0 bridgehead atoms. The van der Waals surface area contributed by atoms with Crippen molar-refractivity contribution < 1.29 is 0 Å². The molecule has 2 aliphatic rings. The van der Waals surface area contributed by atoms with Gasteiger partial charge in [0.2, 0.25) is 0 Å². The number of hydrogen-bond acceptors (Lipinski definition) is 3. The zero-order valence-electron chi connectivity index (χ0n) is 12.4. The van der Waals surface area contributed by atoms with Crippen molar-refractivity contribution in [3.05, 3.63) is 35.4 Å². The lowest BCUT2D eigenvalue weighted by molar-refractivity contribution is 0.335. The molecule has 1 aromatic carbocycles. The summed E-state index contributed by atoms with van der Waals surface area (Å²) in [5.41, 5.74) is 2.73. The van der Waals surface area contributed by atoms with Gasteiger partial charge in [-0.3, -0.25) is 4.99 Å². The van der Waals surface area contributed by atoms with Crippen LogP contribution in [0.25, 0.3) is 0 Å². The first-order chi connectivity index (χ1) is 9.74. The van der Waals surface area contributed by atoms with E-state index in [0.29, 0.717) is 12.1 Å². The third kappa shape index (κ3) is 3.03. The van der Waals surface area contributed by atoms with Gasteiger partial charge in [0.1, 0.15) is 0 Å². The fourth-order valence-electron chi connectivity index (χ4n) is 3.34. The highest BCUT2D eigenvalue weighted by Gasteiger charge is 2.29. The Hall–Kier alpha value is -0.960. The van der Waals surface area contributed by atoms with Crippen LogP contribution >= 0.6 is 11.8 Å². The van der Waals surface area contributed by atoms with Gasteiger partial charge in [-0.25, -0.2) is 0 Å². The molecule has 1 aromatic rings. The van der Waals surface area contributed by atoms with Crippen LogP contribution in [0, 0.1) is 12.8 Å². The van der Waals surface area contributed by atoms with Crippen LogP contribution in [0.3, 0.4) is 0 Å². The highest BCUT2D eigenvalue weighted by atomic mass is 32.2. The molecule has 1 aliphatic carbocycles. The molecule has 1 fully saturated rings. The second-order valence-corrected chi connectivity index (χ2v) is 7.09. The maximum Gasteiger partial charge on any atom is 0.157 e. The highest BCUT2D eigenvalue weighted by Crippen LogP contribution is 2.34. The molecular weight excluding hydrogens is 264 g/mol. The van der Waals surface area contributed by atoms with Gasteiger partial charge in [0.25, 0.3) is 0 Å². The highest BCUT2D eigenvalue weighted by molar-refractivity contribution is 8.13. The molecule has 20 heavy (non-hydrogen) atoms. The second kappa shape index (κ2) is 6.21. The smallest absolute Gasteiger partial charge is 0.157 e. The lowest BCUT2D eigenvalue weighted by Gasteiger charge is -2.33. The summed E-state index contributed by atoms with van der Waals surface area (Å²) in [4.78, 5) is 4.97. The fraction of sp³-hybridized carbons (Fsp3) is 0.588. The van der Waals surface area contributed by atoms with Crippen LogP contribution in [0.4, 0.5) is 0 Å². The minimum atomic E-state index is 0.336.